The molecule has 0 heterocycles. The molecule has 0 radical (unpaired) electrons. The Morgan fingerprint density at radius 3 is 0.755 bits per heavy atom. The number of hydrogen-bond donors (Lipinski definition) is 3. The summed E-state index contributed by atoms with van der Waals surface area (Å²) in [5, 5.41) is 10.6. The number of phosphoric ester groups is 2. The molecule has 0 amide bonds. The summed E-state index contributed by atoms with van der Waals surface area (Å²) < 4.78 is 68.5. The number of rotatable bonds is 72. The summed E-state index contributed by atoms with van der Waals surface area (Å²) in [7, 11) is -9.91. The third-order valence-electron chi connectivity index (χ3n) is 17.7. The first-order valence-electron chi connectivity index (χ1n) is 38.7. The van der Waals surface area contributed by atoms with Gasteiger partial charge < -0.3 is 33.8 Å². The quantitative estimate of drug-likeness (QED) is 0.0222. The summed E-state index contributed by atoms with van der Waals surface area (Å²) in [5.74, 6) is 0.924. The fourth-order valence-electron chi connectivity index (χ4n) is 11.3. The van der Waals surface area contributed by atoms with Gasteiger partial charge >= 0.3 is 39.5 Å². The lowest BCUT2D eigenvalue weighted by Crippen LogP contribution is -2.30. The summed E-state index contributed by atoms with van der Waals surface area (Å²) in [6.45, 7) is 14.2. The molecule has 0 saturated carbocycles. The van der Waals surface area contributed by atoms with Crippen LogP contribution >= 0.6 is 15.6 Å². The van der Waals surface area contributed by atoms with Gasteiger partial charge in [0.2, 0.25) is 0 Å². The molecule has 0 aliphatic heterocycles. The van der Waals surface area contributed by atoms with Crippen LogP contribution < -0.4 is 0 Å². The van der Waals surface area contributed by atoms with E-state index in [1.807, 2.05) is 0 Å². The van der Waals surface area contributed by atoms with E-state index in [0.717, 1.165) is 114 Å². The van der Waals surface area contributed by atoms with Crippen molar-refractivity contribution >= 4 is 39.5 Å². The van der Waals surface area contributed by atoms with E-state index < -0.39 is 97.5 Å². The smallest absolute Gasteiger partial charge is 0.462 e. The van der Waals surface area contributed by atoms with Crippen molar-refractivity contribution < 1.29 is 80.2 Å². The maximum atomic E-state index is 13.1. The lowest BCUT2D eigenvalue weighted by atomic mass is 9.99. The van der Waals surface area contributed by atoms with Crippen LogP contribution in [0.1, 0.15) is 376 Å². The molecule has 0 bridgehead atoms. The van der Waals surface area contributed by atoms with Gasteiger partial charge in [0.05, 0.1) is 26.4 Å². The molecule has 0 saturated heterocycles. The minimum Gasteiger partial charge on any atom is -0.462 e. The maximum Gasteiger partial charge on any atom is 0.472 e. The molecule has 0 spiro atoms. The summed E-state index contributed by atoms with van der Waals surface area (Å²) in [6, 6.07) is 0. The molecular formula is C75H146O17P2. The Balaban J connectivity index is 5.23. The van der Waals surface area contributed by atoms with Gasteiger partial charge in [0.25, 0.3) is 0 Å². The van der Waals surface area contributed by atoms with Crippen molar-refractivity contribution in [2.45, 2.75) is 395 Å². The van der Waals surface area contributed by atoms with Gasteiger partial charge in [-0.15, -0.1) is 0 Å². The molecule has 19 heteroatoms. The molecule has 0 aliphatic carbocycles. The van der Waals surface area contributed by atoms with Crippen molar-refractivity contribution in [2.24, 2.45) is 23.7 Å². The van der Waals surface area contributed by atoms with Crippen LogP contribution in [0, 0.1) is 23.7 Å². The number of aliphatic hydroxyl groups is 1. The van der Waals surface area contributed by atoms with E-state index in [4.69, 9.17) is 37.0 Å². The second-order valence-corrected chi connectivity index (χ2v) is 31.6. The van der Waals surface area contributed by atoms with Crippen molar-refractivity contribution in [1.29, 1.82) is 0 Å². The Kier molecular flexibility index (Phi) is 63.1. The van der Waals surface area contributed by atoms with Gasteiger partial charge in [0, 0.05) is 25.7 Å². The highest BCUT2D eigenvalue weighted by Gasteiger charge is 2.30. The highest BCUT2D eigenvalue weighted by Crippen LogP contribution is 2.45. The third-order valence-corrected chi connectivity index (χ3v) is 19.6. The van der Waals surface area contributed by atoms with E-state index >= 15 is 0 Å². The zero-order valence-corrected chi connectivity index (χ0v) is 63.4. The summed E-state index contributed by atoms with van der Waals surface area (Å²) in [5.41, 5.74) is 0. The second-order valence-electron chi connectivity index (χ2n) is 28.7. The second kappa shape index (κ2) is 64.4. The number of hydrogen-bond acceptors (Lipinski definition) is 15. The van der Waals surface area contributed by atoms with E-state index in [-0.39, 0.29) is 25.7 Å². The number of esters is 4. The Labute approximate surface area is 575 Å². The minimum absolute atomic E-state index is 0.104. The highest BCUT2D eigenvalue weighted by atomic mass is 31.2. The van der Waals surface area contributed by atoms with Crippen LogP contribution in [0.25, 0.3) is 0 Å². The topological polar surface area (TPSA) is 237 Å². The van der Waals surface area contributed by atoms with Crippen LogP contribution in [0.15, 0.2) is 0 Å². The first-order valence-corrected chi connectivity index (χ1v) is 41.7. The van der Waals surface area contributed by atoms with Crippen LogP contribution in [-0.4, -0.2) is 96.7 Å². The Morgan fingerprint density at radius 2 is 0.511 bits per heavy atom. The molecule has 0 aromatic heterocycles. The van der Waals surface area contributed by atoms with E-state index in [0.29, 0.717) is 31.6 Å². The number of carbonyl (C=O) groups excluding carboxylic acids is 4. The molecule has 0 rings (SSSR count). The Bertz CT molecular complexity index is 1850. The SMILES string of the molecule is CCC(C)CCCCCCCCCCC(=O)O[C@H](COC(=O)CCCCCCCCCCCCCC(C)C)COP(=O)(O)OCC(O)COP(=O)(O)OC[C@@H](COC(=O)CCCCCCCCCC(C)C)OC(=O)CCCCCCCCCCCCCCCCCC(C)C. The highest BCUT2D eigenvalue weighted by molar-refractivity contribution is 7.47. The summed E-state index contributed by atoms with van der Waals surface area (Å²) in [6.07, 6.45) is 48.6. The monoisotopic (exact) mass is 1380 g/mol. The first kappa shape index (κ1) is 92.1. The predicted octanol–water partition coefficient (Wildman–Crippen LogP) is 21.7. The van der Waals surface area contributed by atoms with Crippen molar-refractivity contribution in [3.05, 3.63) is 0 Å². The summed E-state index contributed by atoms with van der Waals surface area (Å²) in [4.78, 5) is 72.8. The Morgan fingerprint density at radius 1 is 0.298 bits per heavy atom. The molecular weight excluding hydrogens is 1230 g/mol. The number of phosphoric acid groups is 2. The fraction of sp³-hybridized carbons (Fsp3) is 0.947. The van der Waals surface area contributed by atoms with E-state index in [2.05, 4.69) is 55.4 Å². The van der Waals surface area contributed by atoms with E-state index in [9.17, 15) is 43.2 Å². The van der Waals surface area contributed by atoms with Gasteiger partial charge in [-0.3, -0.25) is 37.3 Å². The van der Waals surface area contributed by atoms with Crippen molar-refractivity contribution in [3.63, 3.8) is 0 Å². The molecule has 3 N–H and O–H groups in total. The van der Waals surface area contributed by atoms with Gasteiger partial charge in [-0.1, -0.05) is 325 Å². The molecule has 17 nitrogen and oxygen atoms in total. The van der Waals surface area contributed by atoms with Crippen LogP contribution in [0.5, 0.6) is 0 Å². The normalized spacial score (nSPS) is 14.4. The standard InChI is InChI=1S/C75H146O17P2/c1-9-68(8)54-46-38-30-24-25-33-42-50-58-75(80)92-70(61-85-72(77)55-47-39-31-22-19-15-17-21-28-36-44-52-66(4)5)63-89-93(81,82)87-59-69(76)60-88-94(83,84)90-64-71(62-86-73(78)56-48-40-34-26-29-37-45-53-67(6)7)91-74(79)57-49-41-32-23-18-14-12-10-11-13-16-20-27-35-43-51-65(2)3/h65-71,76H,9-64H2,1-8H3,(H,81,82)(H,83,84)/t68?,69?,70-,71-/m1/s1. The molecule has 6 atom stereocenters. The molecule has 0 fully saturated rings. The van der Waals surface area contributed by atoms with Gasteiger partial charge in [-0.05, 0) is 49.4 Å². The molecule has 0 aliphatic rings. The lowest BCUT2D eigenvalue weighted by Gasteiger charge is -2.21. The van der Waals surface area contributed by atoms with E-state index in [1.54, 1.807) is 0 Å². The van der Waals surface area contributed by atoms with E-state index in [1.165, 1.54) is 173 Å². The first-order chi connectivity index (χ1) is 45.1. The zero-order valence-electron chi connectivity index (χ0n) is 61.6. The fourth-order valence-corrected chi connectivity index (χ4v) is 12.9. The molecule has 0 aromatic carbocycles. The van der Waals surface area contributed by atoms with Gasteiger partial charge in [0.15, 0.2) is 12.2 Å². The average Bonchev–Trinajstić information content (AvgIpc) is 1.64. The van der Waals surface area contributed by atoms with Crippen LogP contribution in [0.4, 0.5) is 0 Å². The lowest BCUT2D eigenvalue weighted by molar-refractivity contribution is -0.161. The molecule has 558 valence electrons. The number of ether oxygens (including phenoxy) is 4. The number of aliphatic hydroxyl groups excluding tert-OH is 1. The zero-order chi connectivity index (χ0) is 69.6. The minimum atomic E-state index is -4.96. The maximum absolute atomic E-state index is 13.1. The Hall–Kier alpha value is -1.94. The molecule has 0 aromatic rings. The van der Waals surface area contributed by atoms with Crippen molar-refractivity contribution in [1.82, 2.24) is 0 Å². The van der Waals surface area contributed by atoms with Crippen molar-refractivity contribution in [3.8, 4) is 0 Å². The number of unbranched alkanes of at least 4 members (excludes halogenated alkanes) is 37. The van der Waals surface area contributed by atoms with Crippen LogP contribution in [0.3, 0.4) is 0 Å². The predicted molar refractivity (Wildman–Crippen MR) is 381 cm³/mol. The summed E-state index contributed by atoms with van der Waals surface area (Å²) >= 11 is 0. The van der Waals surface area contributed by atoms with Gasteiger partial charge in [-0.25, -0.2) is 9.13 Å². The molecule has 4 unspecified atom stereocenters. The van der Waals surface area contributed by atoms with Crippen LogP contribution in [0.2, 0.25) is 0 Å². The van der Waals surface area contributed by atoms with Crippen molar-refractivity contribution in [2.75, 3.05) is 39.6 Å². The van der Waals surface area contributed by atoms with Crippen LogP contribution in [-0.2, 0) is 65.4 Å². The third kappa shape index (κ3) is 67.3. The molecule has 94 heavy (non-hydrogen) atoms. The van der Waals surface area contributed by atoms with Gasteiger partial charge in [0.1, 0.15) is 19.3 Å². The number of carbonyl (C=O) groups is 4. The van der Waals surface area contributed by atoms with Gasteiger partial charge in [-0.2, -0.15) is 0 Å². The largest absolute Gasteiger partial charge is 0.472 e. The average molecular weight is 1380 g/mol.